The van der Waals surface area contributed by atoms with Crippen molar-refractivity contribution >= 4 is 18.3 Å². The fourth-order valence-corrected chi connectivity index (χ4v) is 2.17. The molecule has 2 heterocycles. The van der Waals surface area contributed by atoms with Crippen molar-refractivity contribution in [1.82, 2.24) is 20.8 Å². The Balaban J connectivity index is 0.00000162. The third kappa shape index (κ3) is 4.66. The molecule has 1 atom stereocenters. The third-order valence-electron chi connectivity index (χ3n) is 3.20. The lowest BCUT2D eigenvalue weighted by atomic mass is 10.00. The second-order valence-electron chi connectivity index (χ2n) is 4.50. The first kappa shape index (κ1) is 15.0. The van der Waals surface area contributed by atoms with Crippen molar-refractivity contribution in [2.24, 2.45) is 5.92 Å². The molecule has 1 saturated heterocycles. The van der Waals surface area contributed by atoms with Crippen LogP contribution in [0.3, 0.4) is 0 Å². The van der Waals surface area contributed by atoms with Gasteiger partial charge >= 0.3 is 0 Å². The van der Waals surface area contributed by atoms with Gasteiger partial charge in [0.15, 0.2) is 0 Å². The lowest BCUT2D eigenvalue weighted by Gasteiger charge is -2.13. The molecule has 0 aliphatic carbocycles. The Kier molecular flexibility index (Phi) is 6.75. The van der Waals surface area contributed by atoms with Gasteiger partial charge in [0.05, 0.1) is 0 Å². The normalized spacial score (nSPS) is 19.7. The summed E-state index contributed by atoms with van der Waals surface area (Å²) in [4.78, 5) is 11.9. The maximum absolute atomic E-state index is 11.9. The smallest absolute Gasteiger partial charge is 0.223 e. The zero-order valence-corrected chi connectivity index (χ0v) is 11.3. The van der Waals surface area contributed by atoms with Crippen molar-refractivity contribution in [2.75, 3.05) is 19.6 Å². The molecular formula is C12H21ClN4O. The number of halogens is 1. The monoisotopic (exact) mass is 272 g/mol. The summed E-state index contributed by atoms with van der Waals surface area (Å²) >= 11 is 0. The molecule has 2 rings (SSSR count). The number of hydrogen-bond donors (Lipinski definition) is 3. The van der Waals surface area contributed by atoms with Gasteiger partial charge in [-0.3, -0.25) is 9.89 Å². The maximum Gasteiger partial charge on any atom is 0.223 e. The predicted octanol–water partition coefficient (Wildman–Crippen LogP) is 0.880. The molecule has 0 aromatic carbocycles. The minimum atomic E-state index is 0. The third-order valence-corrected chi connectivity index (χ3v) is 3.20. The molecule has 6 heteroatoms. The molecule has 0 saturated carbocycles. The molecule has 1 amide bonds. The van der Waals surface area contributed by atoms with Crippen LogP contribution in [0.5, 0.6) is 0 Å². The summed E-state index contributed by atoms with van der Waals surface area (Å²) < 4.78 is 0. The van der Waals surface area contributed by atoms with Crippen LogP contribution in [0.15, 0.2) is 12.3 Å². The van der Waals surface area contributed by atoms with Gasteiger partial charge in [0.1, 0.15) is 0 Å². The molecule has 1 aromatic rings. The van der Waals surface area contributed by atoms with E-state index in [-0.39, 0.29) is 24.2 Å². The summed E-state index contributed by atoms with van der Waals surface area (Å²) in [5.41, 5.74) is 1.06. The van der Waals surface area contributed by atoms with Crippen molar-refractivity contribution < 1.29 is 4.79 Å². The molecule has 3 N–H and O–H groups in total. The molecule has 1 fully saturated rings. The number of nitrogens with one attached hydrogen (secondary N) is 3. The number of carbonyl (C=O) groups is 1. The average molecular weight is 273 g/mol. The van der Waals surface area contributed by atoms with E-state index < -0.39 is 0 Å². The lowest BCUT2D eigenvalue weighted by molar-refractivity contribution is -0.125. The molecule has 1 aliphatic heterocycles. The molecule has 102 valence electrons. The summed E-state index contributed by atoms with van der Waals surface area (Å²) in [6.45, 7) is 2.68. The van der Waals surface area contributed by atoms with E-state index in [9.17, 15) is 4.79 Å². The highest BCUT2D eigenvalue weighted by atomic mass is 35.5. The molecule has 0 spiro atoms. The fraction of sp³-hybridized carbons (Fsp3) is 0.667. The molecule has 0 radical (unpaired) electrons. The van der Waals surface area contributed by atoms with Crippen molar-refractivity contribution in [1.29, 1.82) is 0 Å². The van der Waals surface area contributed by atoms with E-state index in [0.717, 1.165) is 44.5 Å². The quantitative estimate of drug-likeness (QED) is 0.762. The van der Waals surface area contributed by atoms with Gasteiger partial charge in [0.25, 0.3) is 0 Å². The first-order valence-corrected chi connectivity index (χ1v) is 6.33. The number of carbonyl (C=O) groups excluding carboxylic acids is 1. The Bertz CT molecular complexity index is 334. The summed E-state index contributed by atoms with van der Waals surface area (Å²) in [5, 5.41) is 13.1. The number of amides is 1. The van der Waals surface area contributed by atoms with E-state index in [2.05, 4.69) is 20.8 Å². The van der Waals surface area contributed by atoms with Crippen molar-refractivity contribution in [2.45, 2.75) is 25.7 Å². The van der Waals surface area contributed by atoms with Gasteiger partial charge in [-0.2, -0.15) is 5.10 Å². The summed E-state index contributed by atoms with van der Waals surface area (Å²) in [5.74, 6) is 0.389. The van der Waals surface area contributed by atoms with Crippen molar-refractivity contribution in [3.05, 3.63) is 18.0 Å². The van der Waals surface area contributed by atoms with E-state index >= 15 is 0 Å². The van der Waals surface area contributed by atoms with Crippen LogP contribution < -0.4 is 10.6 Å². The maximum atomic E-state index is 11.9. The molecular weight excluding hydrogens is 252 g/mol. The van der Waals surface area contributed by atoms with E-state index in [1.807, 2.05) is 6.07 Å². The second-order valence-corrected chi connectivity index (χ2v) is 4.50. The van der Waals surface area contributed by atoms with Crippen LogP contribution in [-0.4, -0.2) is 35.7 Å². The minimum Gasteiger partial charge on any atom is -0.355 e. The largest absolute Gasteiger partial charge is 0.355 e. The summed E-state index contributed by atoms with van der Waals surface area (Å²) in [7, 11) is 0. The second kappa shape index (κ2) is 8.11. The Hall–Kier alpha value is -1.07. The van der Waals surface area contributed by atoms with Crippen LogP contribution in [0.25, 0.3) is 0 Å². The molecule has 18 heavy (non-hydrogen) atoms. The molecule has 0 bridgehead atoms. The number of H-pyrrole nitrogens is 1. The molecule has 5 nitrogen and oxygen atoms in total. The van der Waals surface area contributed by atoms with E-state index in [1.54, 1.807) is 6.20 Å². The van der Waals surface area contributed by atoms with Gasteiger partial charge in [0.2, 0.25) is 5.91 Å². The van der Waals surface area contributed by atoms with Crippen LogP contribution in [0, 0.1) is 5.92 Å². The van der Waals surface area contributed by atoms with Crippen LogP contribution in [0.4, 0.5) is 0 Å². The molecule has 1 unspecified atom stereocenters. The van der Waals surface area contributed by atoms with Gasteiger partial charge < -0.3 is 10.6 Å². The van der Waals surface area contributed by atoms with E-state index in [1.165, 1.54) is 0 Å². The Morgan fingerprint density at radius 3 is 3.11 bits per heavy atom. The topological polar surface area (TPSA) is 69.8 Å². The fourth-order valence-electron chi connectivity index (χ4n) is 2.17. The van der Waals surface area contributed by atoms with E-state index in [0.29, 0.717) is 6.54 Å². The van der Waals surface area contributed by atoms with Crippen LogP contribution in [0.1, 0.15) is 25.0 Å². The first-order chi connectivity index (χ1) is 8.36. The summed E-state index contributed by atoms with van der Waals surface area (Å²) in [6.07, 6.45) is 5.60. The minimum absolute atomic E-state index is 0. The average Bonchev–Trinajstić information content (AvgIpc) is 2.69. The van der Waals surface area contributed by atoms with Gasteiger partial charge in [0, 0.05) is 30.8 Å². The number of aromatic amines is 1. The van der Waals surface area contributed by atoms with Crippen molar-refractivity contribution in [3.63, 3.8) is 0 Å². The lowest BCUT2D eigenvalue weighted by Crippen LogP contribution is -2.32. The zero-order chi connectivity index (χ0) is 11.9. The number of rotatable bonds is 4. The SMILES string of the molecule is Cl.O=C(NCCc1ccn[nH]1)C1CCCNCC1. The molecule has 1 aromatic heterocycles. The number of hydrogen-bond acceptors (Lipinski definition) is 3. The first-order valence-electron chi connectivity index (χ1n) is 6.33. The van der Waals surface area contributed by atoms with E-state index in [4.69, 9.17) is 0 Å². The molecule has 1 aliphatic rings. The number of nitrogens with zero attached hydrogens (tertiary/aromatic N) is 1. The van der Waals surface area contributed by atoms with Gasteiger partial charge in [-0.1, -0.05) is 0 Å². The van der Waals surface area contributed by atoms with Crippen molar-refractivity contribution in [3.8, 4) is 0 Å². The number of aromatic nitrogens is 2. The highest BCUT2D eigenvalue weighted by Crippen LogP contribution is 2.13. The van der Waals surface area contributed by atoms with Gasteiger partial charge in [-0.05, 0) is 38.4 Å². The van der Waals surface area contributed by atoms with Crippen LogP contribution in [0.2, 0.25) is 0 Å². The highest BCUT2D eigenvalue weighted by molar-refractivity contribution is 5.85. The van der Waals surface area contributed by atoms with Crippen LogP contribution >= 0.6 is 12.4 Å². The Morgan fingerprint density at radius 2 is 2.33 bits per heavy atom. The summed E-state index contributed by atoms with van der Waals surface area (Å²) in [6, 6.07) is 1.93. The van der Waals surface area contributed by atoms with Crippen LogP contribution in [-0.2, 0) is 11.2 Å². The Labute approximate surface area is 114 Å². The predicted molar refractivity (Wildman–Crippen MR) is 72.8 cm³/mol. The Morgan fingerprint density at radius 1 is 1.44 bits per heavy atom. The van der Waals surface area contributed by atoms with Gasteiger partial charge in [-0.25, -0.2) is 0 Å². The zero-order valence-electron chi connectivity index (χ0n) is 10.4. The standard InChI is InChI=1S/C12H20N4O.ClH/c17-12(10-2-1-6-13-7-3-10)14-8-4-11-5-9-15-16-11;/h5,9-10,13H,1-4,6-8H2,(H,14,17)(H,15,16);1H. The highest BCUT2D eigenvalue weighted by Gasteiger charge is 2.19. The van der Waals surface area contributed by atoms with Gasteiger partial charge in [-0.15, -0.1) is 12.4 Å².